The highest BCUT2D eigenvalue weighted by atomic mass is 16.6. The average molecular weight is 303 g/mol. The van der Waals surface area contributed by atoms with Crippen molar-refractivity contribution < 1.29 is 14.3 Å². The Morgan fingerprint density at radius 3 is 2.32 bits per heavy atom. The van der Waals surface area contributed by atoms with Crippen LogP contribution in [0.4, 0.5) is 4.79 Å². The molecule has 1 aliphatic heterocycles. The van der Waals surface area contributed by atoms with Gasteiger partial charge in [0.1, 0.15) is 11.9 Å². The van der Waals surface area contributed by atoms with Gasteiger partial charge in [-0.2, -0.15) is 0 Å². The maximum atomic E-state index is 12.1. The van der Waals surface area contributed by atoms with Crippen LogP contribution in [0.25, 0.3) is 0 Å². The largest absolute Gasteiger partial charge is 0.444 e. The van der Waals surface area contributed by atoms with Crippen LogP contribution < -0.4 is 0 Å². The number of ether oxygens (including phenoxy) is 1. The van der Waals surface area contributed by atoms with Crippen molar-refractivity contribution in [3.8, 4) is 0 Å². The molecular formula is C18H25NO3. The van der Waals surface area contributed by atoms with Crippen LogP contribution in [0.15, 0.2) is 30.3 Å². The summed E-state index contributed by atoms with van der Waals surface area (Å²) in [7, 11) is 0. The van der Waals surface area contributed by atoms with E-state index in [9.17, 15) is 9.59 Å². The van der Waals surface area contributed by atoms with Gasteiger partial charge in [0.2, 0.25) is 0 Å². The Labute approximate surface area is 132 Å². The fourth-order valence-corrected chi connectivity index (χ4v) is 2.80. The zero-order chi connectivity index (χ0) is 16.2. The van der Waals surface area contributed by atoms with Crippen LogP contribution in [-0.4, -0.2) is 36.0 Å². The molecule has 0 bridgehead atoms. The summed E-state index contributed by atoms with van der Waals surface area (Å²) < 4.78 is 5.40. The maximum absolute atomic E-state index is 12.1. The van der Waals surface area contributed by atoms with E-state index in [0.717, 1.165) is 12.7 Å². The highest BCUT2D eigenvalue weighted by Crippen LogP contribution is 2.33. The van der Waals surface area contributed by atoms with Crippen molar-refractivity contribution in [2.24, 2.45) is 5.41 Å². The number of rotatable bonds is 3. The Morgan fingerprint density at radius 2 is 1.82 bits per heavy atom. The standard InChI is InChI=1S/C18H25NO3/c1-17(2,3)22-16(21)19-11-9-18(14-20,10-12-19)13-15-7-5-4-6-8-15/h4-8,14H,9-13H2,1-3H3. The molecule has 2 rings (SSSR count). The molecule has 1 amide bonds. The average Bonchev–Trinajstić information content (AvgIpc) is 2.47. The van der Waals surface area contributed by atoms with E-state index in [-0.39, 0.29) is 11.5 Å². The predicted octanol–water partition coefficient (Wildman–Crippen LogP) is 3.45. The lowest BCUT2D eigenvalue weighted by atomic mass is 9.75. The number of carbonyl (C=O) groups excluding carboxylic acids is 2. The van der Waals surface area contributed by atoms with Crippen LogP contribution in [-0.2, 0) is 16.0 Å². The summed E-state index contributed by atoms with van der Waals surface area (Å²) in [6.07, 6.45) is 2.90. The number of hydrogen-bond acceptors (Lipinski definition) is 3. The summed E-state index contributed by atoms with van der Waals surface area (Å²) in [6, 6.07) is 10.0. The maximum Gasteiger partial charge on any atom is 0.410 e. The van der Waals surface area contributed by atoms with Crippen molar-refractivity contribution in [1.82, 2.24) is 4.90 Å². The normalized spacial score (nSPS) is 17.9. The fourth-order valence-electron chi connectivity index (χ4n) is 2.80. The first-order valence-electron chi connectivity index (χ1n) is 7.82. The monoisotopic (exact) mass is 303 g/mol. The smallest absolute Gasteiger partial charge is 0.410 e. The van der Waals surface area contributed by atoms with Gasteiger partial charge in [-0.25, -0.2) is 4.79 Å². The molecule has 0 aliphatic carbocycles. The zero-order valence-corrected chi connectivity index (χ0v) is 13.7. The Bertz CT molecular complexity index is 511. The van der Waals surface area contributed by atoms with E-state index in [0.29, 0.717) is 25.9 Å². The number of nitrogens with zero attached hydrogens (tertiary/aromatic N) is 1. The van der Waals surface area contributed by atoms with Gasteiger partial charge in [0.25, 0.3) is 0 Å². The molecule has 120 valence electrons. The quantitative estimate of drug-likeness (QED) is 0.804. The van der Waals surface area contributed by atoms with E-state index >= 15 is 0 Å². The van der Waals surface area contributed by atoms with Crippen molar-refractivity contribution in [1.29, 1.82) is 0 Å². The molecule has 1 aromatic rings. The Morgan fingerprint density at radius 1 is 1.23 bits per heavy atom. The lowest BCUT2D eigenvalue weighted by Gasteiger charge is -2.38. The number of aldehydes is 1. The summed E-state index contributed by atoms with van der Waals surface area (Å²) >= 11 is 0. The van der Waals surface area contributed by atoms with Crippen LogP contribution in [0.2, 0.25) is 0 Å². The molecule has 4 heteroatoms. The lowest BCUT2D eigenvalue weighted by molar-refractivity contribution is -0.118. The second-order valence-corrected chi connectivity index (χ2v) is 7.11. The van der Waals surface area contributed by atoms with Crippen LogP contribution in [0.1, 0.15) is 39.2 Å². The molecule has 4 nitrogen and oxygen atoms in total. The molecule has 0 radical (unpaired) electrons. The molecule has 0 spiro atoms. The minimum atomic E-state index is -0.486. The molecule has 0 unspecified atom stereocenters. The second-order valence-electron chi connectivity index (χ2n) is 7.11. The van der Waals surface area contributed by atoms with Crippen molar-refractivity contribution in [2.45, 2.75) is 45.6 Å². The van der Waals surface area contributed by atoms with Gasteiger partial charge in [0, 0.05) is 18.5 Å². The van der Waals surface area contributed by atoms with Crippen molar-refractivity contribution >= 4 is 12.4 Å². The summed E-state index contributed by atoms with van der Waals surface area (Å²) in [6.45, 7) is 6.72. The molecule has 0 saturated carbocycles. The van der Waals surface area contributed by atoms with Crippen LogP contribution in [0.5, 0.6) is 0 Å². The first-order chi connectivity index (χ1) is 10.3. The van der Waals surface area contributed by atoms with Gasteiger partial charge in [-0.1, -0.05) is 30.3 Å². The molecule has 0 N–H and O–H groups in total. The zero-order valence-electron chi connectivity index (χ0n) is 13.7. The van der Waals surface area contributed by atoms with Crippen LogP contribution >= 0.6 is 0 Å². The molecule has 1 saturated heterocycles. The van der Waals surface area contributed by atoms with E-state index in [1.807, 2.05) is 51.1 Å². The molecular weight excluding hydrogens is 278 g/mol. The molecule has 1 fully saturated rings. The third kappa shape index (κ3) is 4.33. The number of amides is 1. The topological polar surface area (TPSA) is 46.6 Å². The fraction of sp³-hybridized carbons (Fsp3) is 0.556. The van der Waals surface area contributed by atoms with E-state index in [4.69, 9.17) is 4.74 Å². The van der Waals surface area contributed by atoms with Crippen molar-refractivity contribution in [3.63, 3.8) is 0 Å². The Hall–Kier alpha value is -1.84. The Balaban J connectivity index is 1.96. The molecule has 22 heavy (non-hydrogen) atoms. The van der Waals surface area contributed by atoms with Crippen LogP contribution in [0, 0.1) is 5.41 Å². The van der Waals surface area contributed by atoms with Gasteiger partial charge in [-0.3, -0.25) is 0 Å². The van der Waals surface area contributed by atoms with Gasteiger partial charge in [0.05, 0.1) is 0 Å². The van der Waals surface area contributed by atoms with Gasteiger partial charge < -0.3 is 14.4 Å². The molecule has 0 atom stereocenters. The summed E-state index contributed by atoms with van der Waals surface area (Å²) in [4.78, 5) is 25.4. The van der Waals surface area contributed by atoms with E-state index in [1.165, 1.54) is 5.56 Å². The minimum absolute atomic E-state index is 0.285. The molecule has 1 aromatic carbocycles. The molecule has 1 heterocycles. The number of likely N-dealkylation sites (tertiary alicyclic amines) is 1. The third-order valence-corrected chi connectivity index (χ3v) is 4.06. The van der Waals surface area contributed by atoms with Gasteiger partial charge in [-0.15, -0.1) is 0 Å². The summed E-state index contributed by atoms with van der Waals surface area (Å²) in [5.74, 6) is 0. The number of carbonyl (C=O) groups is 2. The van der Waals surface area contributed by atoms with Crippen molar-refractivity contribution in [3.05, 3.63) is 35.9 Å². The Kier molecular flexibility index (Phi) is 4.89. The first kappa shape index (κ1) is 16.5. The van der Waals surface area contributed by atoms with E-state index in [2.05, 4.69) is 0 Å². The van der Waals surface area contributed by atoms with E-state index < -0.39 is 5.60 Å². The highest BCUT2D eigenvalue weighted by Gasteiger charge is 2.37. The predicted molar refractivity (Wildman–Crippen MR) is 85.7 cm³/mol. The lowest BCUT2D eigenvalue weighted by Crippen LogP contribution is -2.46. The van der Waals surface area contributed by atoms with Gasteiger partial charge in [0.15, 0.2) is 0 Å². The minimum Gasteiger partial charge on any atom is -0.444 e. The molecule has 0 aromatic heterocycles. The van der Waals surface area contributed by atoms with Gasteiger partial charge in [-0.05, 0) is 45.6 Å². The number of piperidine rings is 1. The summed E-state index contributed by atoms with van der Waals surface area (Å²) in [5, 5.41) is 0. The third-order valence-electron chi connectivity index (χ3n) is 4.06. The van der Waals surface area contributed by atoms with E-state index in [1.54, 1.807) is 4.90 Å². The SMILES string of the molecule is CC(C)(C)OC(=O)N1CCC(C=O)(Cc2ccccc2)CC1. The van der Waals surface area contributed by atoms with Gasteiger partial charge >= 0.3 is 6.09 Å². The summed E-state index contributed by atoms with van der Waals surface area (Å²) in [5.41, 5.74) is 0.320. The van der Waals surface area contributed by atoms with Crippen molar-refractivity contribution in [2.75, 3.05) is 13.1 Å². The number of hydrogen-bond donors (Lipinski definition) is 0. The van der Waals surface area contributed by atoms with Crippen LogP contribution in [0.3, 0.4) is 0 Å². The highest BCUT2D eigenvalue weighted by molar-refractivity contribution is 5.69. The number of benzene rings is 1. The molecule has 1 aliphatic rings. The first-order valence-corrected chi connectivity index (χ1v) is 7.82. The second kappa shape index (κ2) is 6.51.